The van der Waals surface area contributed by atoms with Gasteiger partial charge in [0.2, 0.25) is 5.91 Å². The Bertz CT molecular complexity index is 762. The first kappa shape index (κ1) is 16.3. The van der Waals surface area contributed by atoms with Crippen LogP contribution in [-0.4, -0.2) is 46.2 Å². The number of nitrogens with zero attached hydrogens (tertiary/aromatic N) is 3. The molecule has 0 aliphatic carbocycles. The van der Waals surface area contributed by atoms with Crippen molar-refractivity contribution in [3.63, 3.8) is 0 Å². The number of thiophene rings is 1. The molecule has 1 atom stereocenters. The van der Waals surface area contributed by atoms with Gasteiger partial charge in [-0.3, -0.25) is 14.6 Å². The maximum atomic E-state index is 13.2. The van der Waals surface area contributed by atoms with Gasteiger partial charge in [-0.1, -0.05) is 12.1 Å². The normalized spacial score (nSPS) is 23.4. The Morgan fingerprint density at radius 3 is 2.92 bits per heavy atom. The molecule has 2 saturated heterocycles. The summed E-state index contributed by atoms with van der Waals surface area (Å²) in [4.78, 5) is 34.5. The molecular formula is C19H21N3O2S. The van der Waals surface area contributed by atoms with Gasteiger partial charge in [-0.25, -0.2) is 0 Å². The van der Waals surface area contributed by atoms with Crippen molar-refractivity contribution in [2.24, 2.45) is 5.41 Å². The van der Waals surface area contributed by atoms with E-state index in [9.17, 15) is 9.59 Å². The average molecular weight is 355 g/mol. The van der Waals surface area contributed by atoms with Gasteiger partial charge in [0.05, 0.1) is 10.3 Å². The fourth-order valence-electron chi connectivity index (χ4n) is 4.00. The van der Waals surface area contributed by atoms with E-state index in [1.165, 1.54) is 11.3 Å². The lowest BCUT2D eigenvalue weighted by Gasteiger charge is -2.39. The molecule has 0 N–H and O–H groups in total. The molecule has 0 saturated carbocycles. The zero-order valence-electron chi connectivity index (χ0n) is 14.1. The van der Waals surface area contributed by atoms with E-state index in [0.29, 0.717) is 19.6 Å². The van der Waals surface area contributed by atoms with Crippen molar-refractivity contribution in [1.29, 1.82) is 0 Å². The summed E-state index contributed by atoms with van der Waals surface area (Å²) in [6, 6.07) is 7.65. The number of amides is 2. The molecule has 2 aliphatic heterocycles. The van der Waals surface area contributed by atoms with Crippen LogP contribution < -0.4 is 0 Å². The highest BCUT2D eigenvalue weighted by Crippen LogP contribution is 2.41. The van der Waals surface area contributed by atoms with Crippen LogP contribution in [0.1, 0.15) is 34.5 Å². The second-order valence-corrected chi connectivity index (χ2v) is 7.87. The van der Waals surface area contributed by atoms with Crippen LogP contribution in [0.2, 0.25) is 0 Å². The lowest BCUT2D eigenvalue weighted by Crippen LogP contribution is -2.50. The standard InChI is InChI=1S/C19H21N3O2S/c23-17(16-5-2-11-25-16)22-10-7-19(14-22)6-3-9-21(18(19)24)13-15-4-1-8-20-12-15/h1-2,4-5,8,11-12H,3,6-7,9-10,13-14H2/t19-/m0/s1. The predicted octanol–water partition coefficient (Wildman–Crippen LogP) is 2.80. The molecule has 2 fully saturated rings. The van der Waals surface area contributed by atoms with Gasteiger partial charge in [0.15, 0.2) is 0 Å². The second kappa shape index (κ2) is 6.59. The van der Waals surface area contributed by atoms with E-state index in [1.54, 1.807) is 6.20 Å². The fraction of sp³-hybridized carbons (Fsp3) is 0.421. The molecule has 130 valence electrons. The van der Waals surface area contributed by atoms with Crippen molar-refractivity contribution < 1.29 is 9.59 Å². The minimum absolute atomic E-state index is 0.0593. The molecule has 1 spiro atoms. The quantitative estimate of drug-likeness (QED) is 0.851. The van der Waals surface area contributed by atoms with Crippen molar-refractivity contribution in [2.75, 3.05) is 19.6 Å². The van der Waals surface area contributed by atoms with Crippen LogP contribution in [0.15, 0.2) is 42.0 Å². The SMILES string of the molecule is O=C(c1cccs1)N1CC[C@@]2(CCCN(Cc3cccnc3)C2=O)C1. The molecule has 2 aromatic heterocycles. The number of hydrogen-bond acceptors (Lipinski definition) is 4. The lowest BCUT2D eigenvalue weighted by molar-refractivity contribution is -0.146. The summed E-state index contributed by atoms with van der Waals surface area (Å²) >= 11 is 1.46. The van der Waals surface area contributed by atoms with Crippen molar-refractivity contribution in [1.82, 2.24) is 14.8 Å². The molecule has 0 bridgehead atoms. The summed E-state index contributed by atoms with van der Waals surface area (Å²) in [6.45, 7) is 2.61. The summed E-state index contributed by atoms with van der Waals surface area (Å²) in [7, 11) is 0. The van der Waals surface area contributed by atoms with Crippen molar-refractivity contribution in [3.8, 4) is 0 Å². The van der Waals surface area contributed by atoms with E-state index in [0.717, 1.165) is 36.2 Å². The summed E-state index contributed by atoms with van der Waals surface area (Å²) in [5, 5.41) is 1.92. The van der Waals surface area contributed by atoms with Gasteiger partial charge in [-0.05, 0) is 42.3 Å². The monoisotopic (exact) mass is 355 g/mol. The molecule has 4 rings (SSSR count). The second-order valence-electron chi connectivity index (χ2n) is 6.93. The number of carbonyl (C=O) groups is 2. The van der Waals surface area contributed by atoms with E-state index >= 15 is 0 Å². The third-order valence-electron chi connectivity index (χ3n) is 5.29. The maximum Gasteiger partial charge on any atom is 0.263 e. The highest BCUT2D eigenvalue weighted by Gasteiger charge is 2.49. The summed E-state index contributed by atoms with van der Waals surface area (Å²) in [5.41, 5.74) is 0.658. The third-order valence-corrected chi connectivity index (χ3v) is 6.15. The number of likely N-dealkylation sites (tertiary alicyclic amines) is 2. The molecule has 0 radical (unpaired) electrons. The average Bonchev–Trinajstić information content (AvgIpc) is 3.31. The number of piperidine rings is 1. The minimum atomic E-state index is -0.395. The Hall–Kier alpha value is -2.21. The molecule has 6 heteroatoms. The predicted molar refractivity (Wildman–Crippen MR) is 96.2 cm³/mol. The van der Waals surface area contributed by atoms with E-state index in [2.05, 4.69) is 4.98 Å². The van der Waals surface area contributed by atoms with Crippen molar-refractivity contribution >= 4 is 23.2 Å². The van der Waals surface area contributed by atoms with Crippen molar-refractivity contribution in [2.45, 2.75) is 25.8 Å². The number of rotatable bonds is 3. The third kappa shape index (κ3) is 3.06. The first-order valence-corrected chi connectivity index (χ1v) is 9.57. The van der Waals surface area contributed by atoms with Gasteiger partial charge < -0.3 is 9.80 Å². The van der Waals surface area contributed by atoms with Crippen LogP contribution in [0.25, 0.3) is 0 Å². The highest BCUT2D eigenvalue weighted by atomic mass is 32.1. The Kier molecular flexibility index (Phi) is 4.29. The van der Waals surface area contributed by atoms with Crippen molar-refractivity contribution in [3.05, 3.63) is 52.5 Å². The summed E-state index contributed by atoms with van der Waals surface area (Å²) in [5.74, 6) is 0.258. The smallest absolute Gasteiger partial charge is 0.263 e. The van der Waals surface area contributed by atoms with E-state index < -0.39 is 5.41 Å². The number of carbonyl (C=O) groups excluding carboxylic acids is 2. The van der Waals surface area contributed by atoms with Crippen LogP contribution in [0.4, 0.5) is 0 Å². The molecule has 25 heavy (non-hydrogen) atoms. The van der Waals surface area contributed by atoms with Gasteiger partial charge in [0, 0.05) is 38.6 Å². The van der Waals surface area contributed by atoms with Crippen LogP contribution >= 0.6 is 11.3 Å². The Labute approximate surface area is 151 Å². The molecule has 5 nitrogen and oxygen atoms in total. The first-order valence-electron chi connectivity index (χ1n) is 8.69. The molecular weight excluding hydrogens is 334 g/mol. The number of aromatic nitrogens is 1. The first-order chi connectivity index (χ1) is 12.2. The molecule has 0 aromatic carbocycles. The van der Waals surface area contributed by atoms with Crippen LogP contribution in [0.3, 0.4) is 0 Å². The van der Waals surface area contributed by atoms with E-state index in [1.807, 2.05) is 45.6 Å². The largest absolute Gasteiger partial charge is 0.338 e. The topological polar surface area (TPSA) is 53.5 Å². The van der Waals surface area contributed by atoms with Crippen LogP contribution in [0.5, 0.6) is 0 Å². The highest BCUT2D eigenvalue weighted by molar-refractivity contribution is 7.12. The van der Waals surface area contributed by atoms with Crippen LogP contribution in [-0.2, 0) is 11.3 Å². The molecule has 2 amide bonds. The fourth-order valence-corrected chi connectivity index (χ4v) is 4.69. The van der Waals surface area contributed by atoms with Gasteiger partial charge >= 0.3 is 0 Å². The molecule has 0 unspecified atom stereocenters. The van der Waals surface area contributed by atoms with E-state index in [4.69, 9.17) is 0 Å². The Balaban J connectivity index is 1.48. The van der Waals surface area contributed by atoms with E-state index in [-0.39, 0.29) is 11.8 Å². The van der Waals surface area contributed by atoms with Crippen LogP contribution in [0, 0.1) is 5.41 Å². The molecule has 2 aromatic rings. The zero-order chi connectivity index (χ0) is 17.3. The maximum absolute atomic E-state index is 13.2. The minimum Gasteiger partial charge on any atom is -0.338 e. The van der Waals surface area contributed by atoms with Gasteiger partial charge in [0.1, 0.15) is 0 Å². The number of hydrogen-bond donors (Lipinski definition) is 0. The lowest BCUT2D eigenvalue weighted by atomic mass is 9.78. The molecule has 2 aliphatic rings. The van der Waals surface area contributed by atoms with Gasteiger partial charge in [0.25, 0.3) is 5.91 Å². The van der Waals surface area contributed by atoms with Gasteiger partial charge in [-0.2, -0.15) is 0 Å². The molecule has 4 heterocycles. The van der Waals surface area contributed by atoms with Gasteiger partial charge in [-0.15, -0.1) is 11.3 Å². The Morgan fingerprint density at radius 1 is 1.24 bits per heavy atom. The Morgan fingerprint density at radius 2 is 2.16 bits per heavy atom. The summed E-state index contributed by atoms with van der Waals surface area (Å²) < 4.78 is 0. The number of pyridine rings is 1. The summed E-state index contributed by atoms with van der Waals surface area (Å²) in [6.07, 6.45) is 6.20. The zero-order valence-corrected chi connectivity index (χ0v) is 14.9.